The summed E-state index contributed by atoms with van der Waals surface area (Å²) in [5, 5.41) is 45.9. The van der Waals surface area contributed by atoms with Crippen molar-refractivity contribution in [1.29, 1.82) is 0 Å². The van der Waals surface area contributed by atoms with E-state index in [1.54, 1.807) is 12.4 Å². The Kier molecular flexibility index (Phi) is 28.3. The van der Waals surface area contributed by atoms with Gasteiger partial charge in [0.1, 0.15) is 22.5 Å². The predicted molar refractivity (Wildman–Crippen MR) is 520 cm³/mol. The first-order chi connectivity index (χ1) is 61.4. The number of fused-ring (bicyclic) bond motifs is 8. The molecule has 126 heavy (non-hydrogen) atoms. The largest absolute Gasteiger partial charge is 0.457 e. The minimum absolute atomic E-state index is 0.296. The molecule has 0 saturated carbocycles. The van der Waals surface area contributed by atoms with Gasteiger partial charge in [0.2, 0.25) is 0 Å². The van der Waals surface area contributed by atoms with E-state index in [0.29, 0.717) is 12.0 Å². The molecule has 0 radical (unpaired) electrons. The number of benzene rings is 11. The van der Waals surface area contributed by atoms with Crippen LogP contribution in [0, 0.1) is 48.5 Å². The molecule has 0 spiro atoms. The van der Waals surface area contributed by atoms with Gasteiger partial charge in [-0.15, -0.1) is 10.2 Å². The van der Waals surface area contributed by atoms with Gasteiger partial charge in [-0.05, 0) is 269 Å². The first kappa shape index (κ1) is 87.7. The van der Waals surface area contributed by atoms with Crippen LogP contribution < -0.4 is 9.68 Å². The molecule has 18 heteroatoms. The molecule has 18 nitrogen and oxygen atoms in total. The second-order valence-corrected chi connectivity index (χ2v) is 34.5. The van der Waals surface area contributed by atoms with E-state index in [1.165, 1.54) is 187 Å². The third-order valence-corrected chi connectivity index (χ3v) is 24.5. The minimum Gasteiger partial charge on any atom is -0.457 e. The molecule has 0 amide bonds. The Bertz CT molecular complexity index is 6510. The number of aryl methyl sites for hydroxylation is 8. The molecule has 19 rings (SSSR count). The van der Waals surface area contributed by atoms with Crippen LogP contribution >= 0.6 is 0 Å². The Morgan fingerprint density at radius 3 is 1.07 bits per heavy atom. The normalized spacial score (nSPS) is 12.0. The zero-order valence-corrected chi connectivity index (χ0v) is 76.1. The Hall–Kier alpha value is -13.2. The first-order valence-corrected chi connectivity index (χ1v) is 45.6. The van der Waals surface area contributed by atoms with Gasteiger partial charge in [0, 0.05) is 49.1 Å². The highest BCUT2D eigenvalue weighted by molar-refractivity contribution is 5.86. The van der Waals surface area contributed by atoms with Gasteiger partial charge in [0.05, 0.1) is 99.7 Å². The molecule has 0 fully saturated rings. The summed E-state index contributed by atoms with van der Waals surface area (Å²) in [6.07, 6.45) is 36.2. The standard InChI is InChI=1S/C29H40N4.C28H22N4O.C18H20N2.C17H26N2.C16H14N4O/c1-5-7-9-11-17-29(18-12-10-8-6-2,32-27-15-13-23(3)19-25(27)21-30-32)33-28-16-14-24(4)20-26(28)22-31-33;1-19-3-7-23(8-4-19)31-27-13-11-25(15-21(27)17-29-31)33-26-12-14-28-22(16-26)18-30-32(28)24-9-5-20(2)6-10-24;1-4-14(3)15-7-10-18-16(11-15)12-19-20(18)17-8-5-13(2)6-9-17;1-4-6-7-8-9-15-10-11-17-16(12-15)13-18-19(17)14(3)5-2;1-11-3-5-15-13(7-11)9-17-19(15)21-20-16-6-4-12(2)8-14(16)10-18-20/h13-16,19-22H,5-12,17-18H2,1-4H3;3-18H,1-2H3;5-12,14H,4H2,1-3H3;10-14H,4-9H2,1-3H3;3-10H,1-2H3. The monoisotopic (exact) mass is 1670 g/mol. The minimum atomic E-state index is -0.296. The van der Waals surface area contributed by atoms with Gasteiger partial charge in [-0.3, -0.25) is 4.68 Å². The van der Waals surface area contributed by atoms with Crippen LogP contribution in [0.15, 0.2) is 268 Å². The van der Waals surface area contributed by atoms with Crippen molar-refractivity contribution in [2.45, 2.75) is 224 Å². The van der Waals surface area contributed by atoms with E-state index in [1.807, 2.05) is 112 Å². The van der Waals surface area contributed by atoms with Crippen molar-refractivity contribution < 1.29 is 9.68 Å². The highest BCUT2D eigenvalue weighted by Gasteiger charge is 2.38. The first-order valence-electron chi connectivity index (χ1n) is 45.6. The molecule has 0 bridgehead atoms. The summed E-state index contributed by atoms with van der Waals surface area (Å²) in [7, 11) is 0. The highest BCUT2D eigenvalue weighted by atomic mass is 16.8. The van der Waals surface area contributed by atoms with Crippen molar-refractivity contribution in [2.75, 3.05) is 0 Å². The van der Waals surface area contributed by atoms with Crippen molar-refractivity contribution >= 4 is 87.2 Å². The summed E-state index contributed by atoms with van der Waals surface area (Å²) < 4.78 is 18.9. The quantitative estimate of drug-likeness (QED) is 0.0432. The Balaban J connectivity index is 0.000000124. The van der Waals surface area contributed by atoms with E-state index in [0.717, 1.165) is 97.9 Å². The van der Waals surface area contributed by atoms with E-state index in [2.05, 4.69) is 299 Å². The van der Waals surface area contributed by atoms with Gasteiger partial charge >= 0.3 is 0 Å². The molecule has 0 aliphatic carbocycles. The lowest BCUT2D eigenvalue weighted by Gasteiger charge is -2.36. The second-order valence-electron chi connectivity index (χ2n) is 34.5. The lowest BCUT2D eigenvalue weighted by molar-refractivity contribution is 0.00615. The van der Waals surface area contributed by atoms with E-state index in [-0.39, 0.29) is 5.66 Å². The van der Waals surface area contributed by atoms with Crippen molar-refractivity contribution in [2.24, 2.45) is 0 Å². The van der Waals surface area contributed by atoms with Crippen molar-refractivity contribution in [3.8, 4) is 28.6 Å². The maximum absolute atomic E-state index is 6.18. The van der Waals surface area contributed by atoms with Crippen molar-refractivity contribution in [3.63, 3.8) is 0 Å². The van der Waals surface area contributed by atoms with Crippen LogP contribution in [0.3, 0.4) is 0 Å². The molecule has 2 atom stereocenters. The van der Waals surface area contributed by atoms with Crippen LogP contribution in [0.4, 0.5) is 0 Å². The molecule has 646 valence electrons. The van der Waals surface area contributed by atoms with Crippen LogP contribution in [0.25, 0.3) is 104 Å². The lowest BCUT2D eigenvalue weighted by atomic mass is 9.93. The summed E-state index contributed by atoms with van der Waals surface area (Å²) in [5.41, 5.74) is 23.2. The molecule has 8 aromatic heterocycles. The number of ether oxygens (including phenoxy) is 1. The molecule has 0 N–H and O–H groups in total. The lowest BCUT2D eigenvalue weighted by Crippen LogP contribution is -2.43. The SMILES string of the molecule is CCC(C)c1ccc2c(cnn2-c2ccc(C)cc2)c1.CCCCCCC(CCCCCC)(n1ncc2cc(C)ccc21)n1ncc2cc(C)ccc21.CCCCCCc1ccc2c(cnn2C(C)CC)c1.Cc1ccc(-n2ncc3cc(Oc4ccc5c(cnn5-c5ccc(C)cc5)c4)ccc32)cc1.Cc1ccc2c(cnn2On2ncc3cc(C)ccc32)c1. The van der Waals surface area contributed by atoms with Gasteiger partial charge in [0.15, 0.2) is 5.66 Å². The molecule has 0 aliphatic heterocycles. The fourth-order valence-electron chi connectivity index (χ4n) is 16.8. The average Bonchev–Trinajstić information content (AvgIpc) is 1.57. The summed E-state index contributed by atoms with van der Waals surface area (Å²) in [5.74, 6) is 2.15. The van der Waals surface area contributed by atoms with E-state index in [4.69, 9.17) is 19.9 Å². The maximum atomic E-state index is 6.18. The third-order valence-electron chi connectivity index (χ3n) is 24.5. The summed E-state index contributed by atoms with van der Waals surface area (Å²) in [6, 6.07) is 76.9. The predicted octanol–water partition coefficient (Wildman–Crippen LogP) is 27.8. The molecule has 2 unspecified atom stereocenters. The molecule has 8 heterocycles. The van der Waals surface area contributed by atoms with Crippen molar-refractivity contribution in [1.82, 2.24) is 78.6 Å². The third kappa shape index (κ3) is 20.2. The van der Waals surface area contributed by atoms with Gasteiger partial charge in [-0.1, -0.05) is 221 Å². The van der Waals surface area contributed by atoms with Gasteiger partial charge in [-0.2, -0.15) is 30.6 Å². The number of aromatic nitrogens is 16. The van der Waals surface area contributed by atoms with Crippen LogP contribution in [-0.2, 0) is 12.1 Å². The molecule has 0 saturated heterocycles. The smallest absolute Gasteiger partial charge is 0.155 e. The number of unbranched alkanes of at least 4 members (excludes halogenated alkanes) is 9. The fourth-order valence-corrected chi connectivity index (χ4v) is 16.8. The molecule has 19 aromatic rings. The number of nitrogens with zero attached hydrogens (tertiary/aromatic N) is 16. The van der Waals surface area contributed by atoms with E-state index < -0.39 is 0 Å². The number of hydrogen-bond donors (Lipinski definition) is 0. The summed E-state index contributed by atoms with van der Waals surface area (Å²) in [6.45, 7) is 30.4. The van der Waals surface area contributed by atoms with Crippen LogP contribution in [0.5, 0.6) is 11.5 Å². The molecule has 0 aliphatic rings. The van der Waals surface area contributed by atoms with Gasteiger partial charge in [0.25, 0.3) is 0 Å². The summed E-state index contributed by atoms with van der Waals surface area (Å²) in [4.78, 5) is 8.75. The molecule has 11 aromatic carbocycles. The Morgan fingerprint density at radius 2 is 0.643 bits per heavy atom. The Labute approximate surface area is 741 Å². The number of hydrogen-bond acceptors (Lipinski definition) is 10. The number of rotatable bonds is 28. The van der Waals surface area contributed by atoms with E-state index in [9.17, 15) is 0 Å². The van der Waals surface area contributed by atoms with Gasteiger partial charge in [-0.25, -0.2) is 28.3 Å². The highest BCUT2D eigenvalue weighted by Crippen LogP contribution is 2.39. The molecular weight excluding hydrogens is 1550 g/mol. The maximum Gasteiger partial charge on any atom is 0.155 e. The second kappa shape index (κ2) is 40.6. The zero-order valence-electron chi connectivity index (χ0n) is 76.1. The molecular formula is C108H122N16O2. The summed E-state index contributed by atoms with van der Waals surface area (Å²) >= 11 is 0. The van der Waals surface area contributed by atoms with Crippen LogP contribution in [-0.4, -0.2) is 78.6 Å². The van der Waals surface area contributed by atoms with Crippen molar-refractivity contribution in [3.05, 3.63) is 318 Å². The average molecular weight is 1680 g/mol. The fraction of sp³-hybridized carbons (Fsp3) is 0.315. The zero-order chi connectivity index (χ0) is 87.8. The van der Waals surface area contributed by atoms with Gasteiger partial charge < -0.3 is 4.74 Å². The van der Waals surface area contributed by atoms with Crippen LogP contribution in [0.2, 0.25) is 0 Å². The van der Waals surface area contributed by atoms with E-state index >= 15 is 0 Å². The van der Waals surface area contributed by atoms with Crippen LogP contribution in [0.1, 0.15) is 213 Å². The Morgan fingerprint density at radius 1 is 0.294 bits per heavy atom. The topological polar surface area (TPSA) is 161 Å².